The summed E-state index contributed by atoms with van der Waals surface area (Å²) < 4.78 is 5.21. The van der Waals surface area contributed by atoms with Gasteiger partial charge in [0.25, 0.3) is 0 Å². The Balaban J connectivity index is 1.73. The van der Waals surface area contributed by atoms with Crippen molar-refractivity contribution in [1.29, 1.82) is 0 Å². The topological polar surface area (TPSA) is 35.4 Å². The van der Waals surface area contributed by atoms with Crippen molar-refractivity contribution in [2.75, 3.05) is 7.11 Å². The molecule has 103 valence electrons. The lowest BCUT2D eigenvalue weighted by molar-refractivity contribution is 0.414. The molecule has 0 aromatic heterocycles. The third kappa shape index (κ3) is 2.70. The van der Waals surface area contributed by atoms with Gasteiger partial charge in [-0.25, -0.2) is 5.32 Å². The van der Waals surface area contributed by atoms with Crippen LogP contribution in [0, 0.1) is 5.92 Å². The second kappa shape index (κ2) is 5.67. The van der Waals surface area contributed by atoms with E-state index in [1.807, 2.05) is 18.3 Å². The molecule has 1 unspecified atom stereocenters. The highest BCUT2D eigenvalue weighted by atomic mass is 32.1. The van der Waals surface area contributed by atoms with Crippen LogP contribution in [0.5, 0.6) is 5.75 Å². The summed E-state index contributed by atoms with van der Waals surface area (Å²) in [6.07, 6.45) is 7.53. The minimum Gasteiger partial charge on any atom is -0.497 e. The number of thiocarbonyl (C=S) groups is 1. The van der Waals surface area contributed by atoms with Gasteiger partial charge in [0.05, 0.1) is 12.8 Å². The molecule has 1 atom stereocenters. The van der Waals surface area contributed by atoms with Crippen molar-refractivity contribution in [2.45, 2.75) is 19.3 Å². The molecule has 2 aliphatic rings. The smallest absolute Gasteiger partial charge is 0.197 e. The number of allylic oxidation sites excluding steroid dienone is 3. The highest BCUT2D eigenvalue weighted by molar-refractivity contribution is 7.80. The van der Waals surface area contributed by atoms with E-state index in [4.69, 9.17) is 17.0 Å². The third-order valence-corrected chi connectivity index (χ3v) is 4.01. The quantitative estimate of drug-likeness (QED) is 0.863. The minimum absolute atomic E-state index is 0.529. The zero-order valence-electron chi connectivity index (χ0n) is 11.4. The van der Waals surface area contributed by atoms with Crippen molar-refractivity contribution < 1.29 is 4.74 Å². The Bertz CT molecular complexity index is 575. The number of methoxy groups -OCH3 is 1. The van der Waals surface area contributed by atoms with E-state index in [1.165, 1.54) is 17.6 Å². The predicted molar refractivity (Wildman–Crippen MR) is 84.3 cm³/mol. The van der Waals surface area contributed by atoms with E-state index >= 15 is 0 Å². The molecular weight excluding hydrogens is 268 g/mol. The van der Waals surface area contributed by atoms with Gasteiger partial charge in [-0.1, -0.05) is 18.2 Å². The van der Waals surface area contributed by atoms with Crippen LogP contribution in [0.3, 0.4) is 0 Å². The maximum absolute atomic E-state index is 5.21. The van der Waals surface area contributed by atoms with Crippen molar-refractivity contribution >= 4 is 22.9 Å². The van der Waals surface area contributed by atoms with Gasteiger partial charge in [0.15, 0.2) is 5.11 Å². The summed E-state index contributed by atoms with van der Waals surface area (Å²) in [5.41, 5.74) is 3.75. The molecule has 3 rings (SSSR count). The molecule has 0 saturated heterocycles. The normalized spacial score (nSPS) is 21.1. The molecule has 1 radical (unpaired) electrons. The summed E-state index contributed by atoms with van der Waals surface area (Å²) in [7, 11) is 1.69. The average molecular weight is 285 g/mol. The standard InChI is InChI=1S/C16H17N2OS/c1-19-14-7-5-11(6-8-14)15-4-2-3-12(15)9-13-10-17-16(20)18-13/h4-8,10,12H,2-3,9H2,1H3,(H,17,20). The molecule has 0 bridgehead atoms. The van der Waals surface area contributed by atoms with Gasteiger partial charge >= 0.3 is 0 Å². The van der Waals surface area contributed by atoms with E-state index in [-0.39, 0.29) is 0 Å². The predicted octanol–water partition coefficient (Wildman–Crippen LogP) is 3.21. The molecule has 1 heterocycles. The summed E-state index contributed by atoms with van der Waals surface area (Å²) in [5, 5.41) is 7.90. The van der Waals surface area contributed by atoms with Gasteiger partial charge in [-0.3, -0.25) is 0 Å². The zero-order valence-corrected chi connectivity index (χ0v) is 12.2. The molecule has 0 amide bonds. The van der Waals surface area contributed by atoms with Crippen LogP contribution < -0.4 is 15.4 Å². The van der Waals surface area contributed by atoms with E-state index in [0.717, 1.165) is 24.3 Å². The molecule has 1 N–H and O–H groups in total. The van der Waals surface area contributed by atoms with Crippen LogP contribution in [0.15, 0.2) is 42.2 Å². The number of rotatable bonds is 4. The Kier molecular flexibility index (Phi) is 3.74. The van der Waals surface area contributed by atoms with Crippen LogP contribution >= 0.6 is 12.2 Å². The summed E-state index contributed by atoms with van der Waals surface area (Å²) in [4.78, 5) is 0. The van der Waals surface area contributed by atoms with Gasteiger partial charge in [-0.15, -0.1) is 0 Å². The molecule has 0 saturated carbocycles. The molecule has 20 heavy (non-hydrogen) atoms. The number of benzene rings is 1. The molecule has 0 spiro atoms. The summed E-state index contributed by atoms with van der Waals surface area (Å²) in [6, 6.07) is 8.29. The number of hydrogen-bond acceptors (Lipinski definition) is 2. The summed E-state index contributed by atoms with van der Waals surface area (Å²) in [5.74, 6) is 1.42. The lowest BCUT2D eigenvalue weighted by Crippen LogP contribution is -2.16. The summed E-state index contributed by atoms with van der Waals surface area (Å²) >= 11 is 5.03. The Labute approximate surface area is 124 Å². The van der Waals surface area contributed by atoms with Gasteiger partial charge in [0, 0.05) is 6.20 Å². The van der Waals surface area contributed by atoms with Crippen LogP contribution in [-0.4, -0.2) is 12.2 Å². The second-order valence-electron chi connectivity index (χ2n) is 5.06. The van der Waals surface area contributed by atoms with Crippen LogP contribution in [0.2, 0.25) is 0 Å². The highest BCUT2D eigenvalue weighted by Crippen LogP contribution is 2.38. The number of ether oxygens (including phenoxy) is 1. The fraction of sp³-hybridized carbons (Fsp3) is 0.312. The first kappa shape index (κ1) is 13.2. The Morgan fingerprint density at radius 2 is 2.15 bits per heavy atom. The molecule has 1 aromatic carbocycles. The first-order valence-corrected chi connectivity index (χ1v) is 7.23. The fourth-order valence-corrected chi connectivity index (χ4v) is 2.98. The second-order valence-corrected chi connectivity index (χ2v) is 5.45. The molecule has 1 aliphatic heterocycles. The number of hydrogen-bond donors (Lipinski definition) is 1. The molecule has 0 fully saturated rings. The fourth-order valence-electron chi connectivity index (χ4n) is 2.81. The van der Waals surface area contributed by atoms with Gasteiger partial charge in [-0.05, 0) is 60.7 Å². The summed E-state index contributed by atoms with van der Waals surface area (Å²) in [6.45, 7) is 0. The monoisotopic (exact) mass is 285 g/mol. The molecular formula is C16H17N2OS. The van der Waals surface area contributed by atoms with Gasteiger partial charge in [0.2, 0.25) is 0 Å². The van der Waals surface area contributed by atoms with E-state index in [0.29, 0.717) is 11.0 Å². The maximum Gasteiger partial charge on any atom is 0.197 e. The number of nitrogens with one attached hydrogen (secondary N) is 1. The van der Waals surface area contributed by atoms with Crippen molar-refractivity contribution in [1.82, 2.24) is 10.6 Å². The van der Waals surface area contributed by atoms with Crippen molar-refractivity contribution in [3.05, 3.63) is 47.8 Å². The van der Waals surface area contributed by atoms with Crippen LogP contribution in [0.4, 0.5) is 0 Å². The lowest BCUT2D eigenvalue weighted by Gasteiger charge is -2.15. The SMILES string of the molecule is COc1ccc(C2=CCCC2CC2=CNC(=S)[N]2)cc1. The molecule has 4 heteroatoms. The first-order valence-electron chi connectivity index (χ1n) is 6.82. The minimum atomic E-state index is 0.529. The van der Waals surface area contributed by atoms with Crippen molar-refractivity contribution in [3.63, 3.8) is 0 Å². The van der Waals surface area contributed by atoms with Gasteiger partial charge < -0.3 is 10.1 Å². The van der Waals surface area contributed by atoms with Gasteiger partial charge in [0.1, 0.15) is 5.75 Å². The van der Waals surface area contributed by atoms with Gasteiger partial charge in [-0.2, -0.15) is 0 Å². The largest absolute Gasteiger partial charge is 0.497 e. The van der Waals surface area contributed by atoms with E-state index in [9.17, 15) is 0 Å². The zero-order chi connectivity index (χ0) is 13.9. The van der Waals surface area contributed by atoms with E-state index in [1.54, 1.807) is 7.11 Å². The highest BCUT2D eigenvalue weighted by Gasteiger charge is 2.24. The van der Waals surface area contributed by atoms with E-state index in [2.05, 4.69) is 28.8 Å². The first-order chi connectivity index (χ1) is 9.76. The van der Waals surface area contributed by atoms with Crippen LogP contribution in [0.1, 0.15) is 24.8 Å². The molecule has 1 aliphatic carbocycles. The van der Waals surface area contributed by atoms with Crippen molar-refractivity contribution in [3.8, 4) is 5.75 Å². The van der Waals surface area contributed by atoms with E-state index < -0.39 is 0 Å². The molecule has 3 nitrogen and oxygen atoms in total. The Morgan fingerprint density at radius 1 is 1.35 bits per heavy atom. The maximum atomic E-state index is 5.21. The Hall–Kier alpha value is -1.81. The van der Waals surface area contributed by atoms with Crippen LogP contribution in [0.25, 0.3) is 5.57 Å². The Morgan fingerprint density at radius 3 is 2.80 bits per heavy atom. The average Bonchev–Trinajstić information content (AvgIpc) is 3.09. The third-order valence-electron chi connectivity index (χ3n) is 3.81. The van der Waals surface area contributed by atoms with Crippen molar-refractivity contribution in [2.24, 2.45) is 5.92 Å². The molecule has 1 aromatic rings. The number of nitrogens with zero attached hydrogens (tertiary/aromatic N) is 1. The van der Waals surface area contributed by atoms with Crippen LogP contribution in [-0.2, 0) is 0 Å². The lowest BCUT2D eigenvalue weighted by atomic mass is 9.91.